The zero-order chi connectivity index (χ0) is 26.9. The molecule has 0 spiro atoms. The molecule has 2 aromatic carbocycles. The van der Waals surface area contributed by atoms with E-state index in [1.807, 2.05) is 26.0 Å². The first-order valence-corrected chi connectivity index (χ1v) is 14.6. The van der Waals surface area contributed by atoms with Crippen LogP contribution < -0.4 is 9.62 Å². The molecule has 0 aliphatic heterocycles. The molecular formula is C26H35Cl2N3O4S. The minimum absolute atomic E-state index is 0.0801. The van der Waals surface area contributed by atoms with E-state index < -0.39 is 16.1 Å². The van der Waals surface area contributed by atoms with E-state index >= 15 is 0 Å². The van der Waals surface area contributed by atoms with E-state index in [4.69, 9.17) is 23.2 Å². The van der Waals surface area contributed by atoms with E-state index in [2.05, 4.69) is 5.32 Å². The van der Waals surface area contributed by atoms with Crippen molar-refractivity contribution in [3.63, 3.8) is 0 Å². The highest BCUT2D eigenvalue weighted by molar-refractivity contribution is 7.92. The molecule has 0 unspecified atom stereocenters. The van der Waals surface area contributed by atoms with Gasteiger partial charge in [-0.05, 0) is 61.6 Å². The molecule has 0 aromatic heterocycles. The van der Waals surface area contributed by atoms with E-state index in [-0.39, 0.29) is 37.7 Å². The molecule has 0 fully saturated rings. The van der Waals surface area contributed by atoms with E-state index in [9.17, 15) is 18.0 Å². The molecule has 0 saturated heterocycles. The summed E-state index contributed by atoms with van der Waals surface area (Å²) >= 11 is 12.2. The van der Waals surface area contributed by atoms with Gasteiger partial charge in [-0.3, -0.25) is 13.9 Å². The fraction of sp³-hybridized carbons (Fsp3) is 0.462. The molecule has 198 valence electrons. The van der Waals surface area contributed by atoms with E-state index in [0.29, 0.717) is 34.3 Å². The maximum Gasteiger partial charge on any atom is 0.242 e. The summed E-state index contributed by atoms with van der Waals surface area (Å²) in [4.78, 5) is 27.9. The SMILES string of the molecule is CCCNC(=O)[C@H](CC)N(Cc1ccc(Cl)cc1)C(=O)CCCN(c1cccc(Cl)c1C)S(C)(=O)=O. The summed E-state index contributed by atoms with van der Waals surface area (Å²) in [7, 11) is -3.60. The van der Waals surface area contributed by atoms with Crippen LogP contribution in [0.1, 0.15) is 50.7 Å². The molecule has 2 amide bonds. The highest BCUT2D eigenvalue weighted by atomic mass is 35.5. The van der Waals surface area contributed by atoms with Crippen LogP contribution in [-0.2, 0) is 26.2 Å². The number of hydrogen-bond acceptors (Lipinski definition) is 4. The van der Waals surface area contributed by atoms with Crippen molar-refractivity contribution in [1.82, 2.24) is 10.2 Å². The van der Waals surface area contributed by atoms with Crippen LogP contribution in [0.2, 0.25) is 10.0 Å². The van der Waals surface area contributed by atoms with Gasteiger partial charge in [-0.25, -0.2) is 8.42 Å². The van der Waals surface area contributed by atoms with Crippen molar-refractivity contribution < 1.29 is 18.0 Å². The van der Waals surface area contributed by atoms with Crippen LogP contribution in [0, 0.1) is 6.92 Å². The Morgan fingerprint density at radius 1 is 1.06 bits per heavy atom. The zero-order valence-electron chi connectivity index (χ0n) is 21.3. The fourth-order valence-electron chi connectivity index (χ4n) is 3.92. The van der Waals surface area contributed by atoms with Crippen molar-refractivity contribution in [2.75, 3.05) is 23.7 Å². The van der Waals surface area contributed by atoms with Crippen molar-refractivity contribution in [2.24, 2.45) is 0 Å². The molecule has 0 saturated carbocycles. The van der Waals surface area contributed by atoms with Gasteiger partial charge in [-0.1, -0.05) is 55.2 Å². The number of benzene rings is 2. The zero-order valence-corrected chi connectivity index (χ0v) is 23.6. The van der Waals surface area contributed by atoms with Gasteiger partial charge in [-0.15, -0.1) is 0 Å². The molecule has 7 nitrogen and oxygen atoms in total. The molecule has 1 atom stereocenters. The van der Waals surface area contributed by atoms with Gasteiger partial charge in [-0.2, -0.15) is 0 Å². The van der Waals surface area contributed by atoms with Crippen LogP contribution >= 0.6 is 23.2 Å². The lowest BCUT2D eigenvalue weighted by Crippen LogP contribution is -2.49. The Labute approximate surface area is 224 Å². The minimum atomic E-state index is -3.60. The summed E-state index contributed by atoms with van der Waals surface area (Å²) in [5.74, 6) is -0.423. The summed E-state index contributed by atoms with van der Waals surface area (Å²) in [6.07, 6.45) is 2.73. The van der Waals surface area contributed by atoms with Gasteiger partial charge >= 0.3 is 0 Å². The second-order valence-corrected chi connectivity index (χ2v) is 11.4. The predicted molar refractivity (Wildman–Crippen MR) is 147 cm³/mol. The number of carbonyl (C=O) groups is 2. The maximum absolute atomic E-state index is 13.4. The Morgan fingerprint density at radius 2 is 1.72 bits per heavy atom. The van der Waals surface area contributed by atoms with Crippen molar-refractivity contribution >= 4 is 50.7 Å². The number of halogens is 2. The lowest BCUT2D eigenvalue weighted by molar-refractivity contribution is -0.141. The van der Waals surface area contributed by atoms with Crippen molar-refractivity contribution in [2.45, 2.75) is 59.0 Å². The number of hydrogen-bond donors (Lipinski definition) is 1. The Kier molecular flexibility index (Phi) is 11.5. The van der Waals surface area contributed by atoms with Gasteiger partial charge in [0, 0.05) is 36.1 Å². The van der Waals surface area contributed by atoms with Crippen LogP contribution in [0.25, 0.3) is 0 Å². The van der Waals surface area contributed by atoms with Crippen LogP contribution in [-0.4, -0.2) is 50.5 Å². The maximum atomic E-state index is 13.4. The van der Waals surface area contributed by atoms with Crippen LogP contribution in [0.15, 0.2) is 42.5 Å². The molecule has 0 bridgehead atoms. The summed E-state index contributed by atoms with van der Waals surface area (Å²) in [6, 6.07) is 11.6. The quantitative estimate of drug-likeness (QED) is 0.368. The van der Waals surface area contributed by atoms with Crippen LogP contribution in [0.4, 0.5) is 5.69 Å². The lowest BCUT2D eigenvalue weighted by atomic mass is 10.1. The third kappa shape index (κ3) is 8.39. The van der Waals surface area contributed by atoms with E-state index in [0.717, 1.165) is 18.2 Å². The van der Waals surface area contributed by atoms with Crippen molar-refractivity contribution in [3.8, 4) is 0 Å². The smallest absolute Gasteiger partial charge is 0.242 e. The summed E-state index contributed by atoms with van der Waals surface area (Å²) in [5.41, 5.74) is 1.99. The lowest BCUT2D eigenvalue weighted by Gasteiger charge is -2.31. The Morgan fingerprint density at radius 3 is 2.31 bits per heavy atom. The van der Waals surface area contributed by atoms with Crippen LogP contribution in [0.3, 0.4) is 0 Å². The van der Waals surface area contributed by atoms with Crippen LogP contribution in [0.5, 0.6) is 0 Å². The van der Waals surface area contributed by atoms with E-state index in [1.165, 1.54) is 4.31 Å². The third-order valence-corrected chi connectivity index (χ3v) is 7.70. The first kappa shape index (κ1) is 29.9. The first-order chi connectivity index (χ1) is 17.0. The Balaban J connectivity index is 2.23. The highest BCUT2D eigenvalue weighted by Gasteiger charge is 2.29. The number of rotatable bonds is 13. The molecular weight excluding hydrogens is 521 g/mol. The molecule has 1 N–H and O–H groups in total. The van der Waals surface area contributed by atoms with Gasteiger partial charge in [0.05, 0.1) is 11.9 Å². The number of anilines is 1. The molecule has 0 heterocycles. The largest absolute Gasteiger partial charge is 0.354 e. The second kappa shape index (κ2) is 13.9. The second-order valence-electron chi connectivity index (χ2n) is 8.69. The Hall–Kier alpha value is -2.29. The van der Waals surface area contributed by atoms with Gasteiger partial charge in [0.15, 0.2) is 0 Å². The molecule has 36 heavy (non-hydrogen) atoms. The molecule has 2 aromatic rings. The van der Waals surface area contributed by atoms with Gasteiger partial charge in [0.1, 0.15) is 6.04 Å². The third-order valence-electron chi connectivity index (χ3n) is 5.86. The average Bonchev–Trinajstić information content (AvgIpc) is 2.82. The molecule has 0 radical (unpaired) electrons. The summed E-state index contributed by atoms with van der Waals surface area (Å²) in [6.45, 7) is 6.48. The topological polar surface area (TPSA) is 86.8 Å². The van der Waals surface area contributed by atoms with Gasteiger partial charge < -0.3 is 10.2 Å². The fourth-order valence-corrected chi connectivity index (χ4v) is 5.23. The number of sulfonamides is 1. The summed E-state index contributed by atoms with van der Waals surface area (Å²) < 4.78 is 26.4. The van der Waals surface area contributed by atoms with Gasteiger partial charge in [0.2, 0.25) is 21.8 Å². The number of nitrogens with zero attached hydrogens (tertiary/aromatic N) is 2. The first-order valence-electron chi connectivity index (χ1n) is 12.0. The normalized spacial score (nSPS) is 12.2. The molecule has 2 rings (SSSR count). The molecule has 10 heteroatoms. The Bertz CT molecular complexity index is 1140. The molecule has 0 aliphatic rings. The standard InChI is InChI=1S/C26H35Cl2N3O4S/c1-5-16-29-26(33)23(6-2)30(18-20-12-14-21(27)15-13-20)25(32)11-8-17-31(36(4,34)35)24-10-7-9-22(28)19(24)3/h7,9-10,12-15,23H,5-6,8,11,16-18H2,1-4H3,(H,29,33)/t23-/m0/s1. The number of nitrogens with one attached hydrogen (secondary N) is 1. The van der Waals surface area contributed by atoms with Crippen molar-refractivity contribution in [1.29, 1.82) is 0 Å². The predicted octanol–water partition coefficient (Wildman–Crippen LogP) is 5.18. The van der Waals surface area contributed by atoms with Crippen molar-refractivity contribution in [3.05, 3.63) is 63.6 Å². The average molecular weight is 557 g/mol. The monoisotopic (exact) mass is 555 g/mol. The highest BCUT2D eigenvalue weighted by Crippen LogP contribution is 2.28. The minimum Gasteiger partial charge on any atom is -0.354 e. The molecule has 0 aliphatic carbocycles. The van der Waals surface area contributed by atoms with Gasteiger partial charge in [0.25, 0.3) is 0 Å². The number of amides is 2. The van der Waals surface area contributed by atoms with E-state index in [1.54, 1.807) is 42.2 Å². The summed E-state index contributed by atoms with van der Waals surface area (Å²) in [5, 5.41) is 3.94. The number of carbonyl (C=O) groups excluding carboxylic acids is 2.